The topological polar surface area (TPSA) is 70.7 Å². The maximum Gasteiger partial charge on any atom is 0.337 e. The van der Waals surface area contributed by atoms with Crippen molar-refractivity contribution < 1.29 is 19.4 Å². The van der Waals surface area contributed by atoms with E-state index in [1.807, 2.05) is 0 Å². The van der Waals surface area contributed by atoms with Crippen LogP contribution < -0.4 is 0 Å². The summed E-state index contributed by atoms with van der Waals surface area (Å²) in [4.78, 5) is 10.1. The van der Waals surface area contributed by atoms with Crippen LogP contribution in [0.5, 0.6) is 0 Å². The summed E-state index contributed by atoms with van der Waals surface area (Å²) in [6.07, 6.45) is 1.03. The van der Waals surface area contributed by atoms with Gasteiger partial charge in [-0.15, -0.1) is 0 Å². The highest BCUT2D eigenvalue weighted by molar-refractivity contribution is 5.73. The zero-order valence-corrected chi connectivity index (χ0v) is 5.02. The molecule has 4 heteroatoms. The predicted molar refractivity (Wildman–Crippen MR) is 31.3 cm³/mol. The molecule has 2 N–H and O–H groups in total. The van der Waals surface area contributed by atoms with E-state index in [1.165, 1.54) is 18.6 Å². The molecule has 10 heavy (non-hydrogen) atoms. The molecule has 4 nitrogen and oxygen atoms in total. The Hall–Kier alpha value is -1.29. The molecule has 0 aliphatic carbocycles. The van der Waals surface area contributed by atoms with Crippen LogP contribution in [0, 0.1) is 0 Å². The third-order valence-electron chi connectivity index (χ3n) is 1.09. The smallest absolute Gasteiger partial charge is 0.337 e. The van der Waals surface area contributed by atoms with E-state index in [9.17, 15) is 4.79 Å². The van der Waals surface area contributed by atoms with Gasteiger partial charge in [0.2, 0.25) is 0 Å². The molecule has 0 amide bonds. The Morgan fingerprint density at radius 3 is 2.80 bits per heavy atom. The summed E-state index contributed by atoms with van der Waals surface area (Å²) in [6.45, 7) is 0. The van der Waals surface area contributed by atoms with Crippen LogP contribution >= 0.6 is 0 Å². The number of aliphatic hydroxyl groups excluding tert-OH is 1. The second kappa shape index (κ2) is 2.53. The fourth-order valence-corrected chi connectivity index (χ4v) is 0.573. The van der Waals surface area contributed by atoms with Gasteiger partial charge in [0, 0.05) is 5.56 Å². The second-order valence-corrected chi connectivity index (χ2v) is 1.80. The van der Waals surface area contributed by atoms with E-state index in [1.54, 1.807) is 0 Å². The molecule has 0 aromatic carbocycles. The predicted octanol–water partition coefficient (Wildman–Crippen LogP) is 0.398. The fourth-order valence-electron chi connectivity index (χ4n) is 0.573. The minimum absolute atomic E-state index is 0.257. The zero-order chi connectivity index (χ0) is 7.56. The lowest BCUT2D eigenvalue weighted by Gasteiger charge is -1.98. The highest BCUT2D eigenvalue weighted by Crippen LogP contribution is 2.11. The van der Waals surface area contributed by atoms with Gasteiger partial charge in [0.05, 0.1) is 12.5 Å². The van der Waals surface area contributed by atoms with Gasteiger partial charge in [0.25, 0.3) is 0 Å². The molecule has 1 aromatic heterocycles. The average Bonchev–Trinajstić information content (AvgIpc) is 2.36. The van der Waals surface area contributed by atoms with Crippen LogP contribution in [0.2, 0.25) is 0 Å². The van der Waals surface area contributed by atoms with Crippen LogP contribution in [0.3, 0.4) is 0 Å². The lowest BCUT2D eigenvalue weighted by Crippen LogP contribution is -2.08. The van der Waals surface area contributed by atoms with Crippen molar-refractivity contribution in [3.63, 3.8) is 0 Å². The van der Waals surface area contributed by atoms with Crippen molar-refractivity contribution in [1.82, 2.24) is 0 Å². The molecule has 1 aromatic rings. The van der Waals surface area contributed by atoms with Crippen LogP contribution in [0.15, 0.2) is 23.0 Å². The Labute approximate surface area is 56.7 Å². The Morgan fingerprint density at radius 2 is 2.40 bits per heavy atom. The number of hydrogen-bond acceptors (Lipinski definition) is 3. The molecule has 0 spiro atoms. The van der Waals surface area contributed by atoms with E-state index in [4.69, 9.17) is 10.2 Å². The van der Waals surface area contributed by atoms with Crippen LogP contribution in [-0.2, 0) is 4.79 Å². The first kappa shape index (κ1) is 6.82. The molecule has 0 aliphatic rings. The second-order valence-electron chi connectivity index (χ2n) is 1.80. The molecule has 0 radical (unpaired) electrons. The lowest BCUT2D eigenvalue weighted by atomic mass is 10.2. The summed E-state index contributed by atoms with van der Waals surface area (Å²) in [5, 5.41) is 17.1. The first-order chi connectivity index (χ1) is 4.72. The largest absolute Gasteiger partial charge is 0.479 e. The van der Waals surface area contributed by atoms with E-state index in [0.29, 0.717) is 0 Å². The number of carboxylic acid groups (broad SMARTS) is 1. The molecular weight excluding hydrogens is 136 g/mol. The van der Waals surface area contributed by atoms with Crippen LogP contribution in [0.1, 0.15) is 11.7 Å². The molecule has 1 atom stereocenters. The highest BCUT2D eigenvalue weighted by atomic mass is 16.4. The molecule has 0 fully saturated rings. The highest BCUT2D eigenvalue weighted by Gasteiger charge is 2.15. The van der Waals surface area contributed by atoms with Gasteiger partial charge in [0.1, 0.15) is 0 Å². The van der Waals surface area contributed by atoms with Crippen molar-refractivity contribution in [2.24, 2.45) is 0 Å². The van der Waals surface area contributed by atoms with Gasteiger partial charge in [-0.1, -0.05) is 0 Å². The summed E-state index contributed by atoms with van der Waals surface area (Å²) in [5.74, 6) is -1.28. The lowest BCUT2D eigenvalue weighted by molar-refractivity contribution is -0.146. The van der Waals surface area contributed by atoms with Gasteiger partial charge in [-0.3, -0.25) is 0 Å². The molecule has 54 valence electrons. The third kappa shape index (κ3) is 1.16. The van der Waals surface area contributed by atoms with Crippen molar-refractivity contribution in [1.29, 1.82) is 0 Å². The van der Waals surface area contributed by atoms with Crippen LogP contribution in [0.4, 0.5) is 0 Å². The number of hydrogen-bond donors (Lipinski definition) is 2. The van der Waals surface area contributed by atoms with E-state index in [-0.39, 0.29) is 5.56 Å². The van der Waals surface area contributed by atoms with Crippen molar-refractivity contribution in [2.45, 2.75) is 6.10 Å². The molecule has 0 saturated heterocycles. The third-order valence-corrected chi connectivity index (χ3v) is 1.09. The van der Waals surface area contributed by atoms with Gasteiger partial charge in [-0.05, 0) is 6.07 Å². The average molecular weight is 142 g/mol. The maximum absolute atomic E-state index is 10.1. The van der Waals surface area contributed by atoms with Crippen molar-refractivity contribution in [2.75, 3.05) is 0 Å². The van der Waals surface area contributed by atoms with Crippen molar-refractivity contribution in [3.8, 4) is 0 Å². The number of rotatable bonds is 2. The van der Waals surface area contributed by atoms with Gasteiger partial charge in [-0.2, -0.15) is 0 Å². The van der Waals surface area contributed by atoms with Crippen molar-refractivity contribution in [3.05, 3.63) is 24.2 Å². The molecule has 1 rings (SSSR count). The summed E-state index contributed by atoms with van der Waals surface area (Å²) in [5.41, 5.74) is 0.257. The minimum Gasteiger partial charge on any atom is -0.479 e. The molecule has 1 heterocycles. The molecular formula is C6H6O4. The SMILES string of the molecule is O=C(O)[C@@H](O)c1ccoc1. The number of furan rings is 1. The Kier molecular flexibility index (Phi) is 1.73. The molecule has 0 unspecified atom stereocenters. The quantitative estimate of drug-likeness (QED) is 0.626. The van der Waals surface area contributed by atoms with Gasteiger partial charge in [0.15, 0.2) is 6.10 Å². The maximum atomic E-state index is 10.1. The summed E-state index contributed by atoms with van der Waals surface area (Å²) >= 11 is 0. The number of aliphatic hydroxyl groups is 1. The normalized spacial score (nSPS) is 12.9. The van der Waals surface area contributed by atoms with Gasteiger partial charge in [-0.25, -0.2) is 4.79 Å². The Balaban J connectivity index is 2.77. The van der Waals surface area contributed by atoms with Crippen LogP contribution in [0.25, 0.3) is 0 Å². The summed E-state index contributed by atoms with van der Waals surface area (Å²) < 4.78 is 4.56. The first-order valence-electron chi connectivity index (χ1n) is 2.65. The molecule has 0 aliphatic heterocycles. The fraction of sp³-hybridized carbons (Fsp3) is 0.167. The minimum atomic E-state index is -1.47. The van der Waals surface area contributed by atoms with E-state index < -0.39 is 12.1 Å². The van der Waals surface area contributed by atoms with E-state index in [2.05, 4.69) is 4.42 Å². The monoisotopic (exact) mass is 142 g/mol. The number of carboxylic acids is 1. The van der Waals surface area contributed by atoms with Crippen LogP contribution in [-0.4, -0.2) is 16.2 Å². The Bertz CT molecular complexity index is 214. The van der Waals surface area contributed by atoms with E-state index >= 15 is 0 Å². The molecule has 0 bridgehead atoms. The zero-order valence-electron chi connectivity index (χ0n) is 5.02. The molecule has 0 saturated carbocycles. The van der Waals surface area contributed by atoms with Crippen molar-refractivity contribution >= 4 is 5.97 Å². The number of aliphatic carboxylic acids is 1. The van der Waals surface area contributed by atoms with E-state index in [0.717, 1.165) is 0 Å². The first-order valence-corrected chi connectivity index (χ1v) is 2.65. The summed E-state index contributed by atoms with van der Waals surface area (Å²) in [6, 6.07) is 1.40. The van der Waals surface area contributed by atoms with Gasteiger partial charge >= 0.3 is 5.97 Å². The Morgan fingerprint density at radius 1 is 1.70 bits per heavy atom. The summed E-state index contributed by atoms with van der Waals surface area (Å²) in [7, 11) is 0. The standard InChI is InChI=1S/C6H6O4/c7-5(6(8)9)4-1-2-10-3-4/h1-3,5,7H,(H,8,9)/t5-/m0/s1. The van der Waals surface area contributed by atoms with Gasteiger partial charge < -0.3 is 14.6 Å². The number of carbonyl (C=O) groups is 1.